The molecule has 0 aromatic heterocycles. The first-order valence-electron chi connectivity index (χ1n) is 8.89. The van der Waals surface area contributed by atoms with Crippen LogP contribution in [0.15, 0.2) is 48.5 Å². The van der Waals surface area contributed by atoms with Crippen molar-refractivity contribution in [2.24, 2.45) is 0 Å². The Labute approximate surface area is 154 Å². The normalized spacial score (nSPS) is 22.5. The first kappa shape index (κ1) is 17.9. The highest BCUT2D eigenvalue weighted by molar-refractivity contribution is 6.01. The zero-order valence-electron chi connectivity index (χ0n) is 14.5. The van der Waals surface area contributed by atoms with Crippen LogP contribution < -0.4 is 5.32 Å². The molecule has 0 bridgehead atoms. The number of hydrogen-bond acceptors (Lipinski definition) is 3. The molecule has 0 unspecified atom stereocenters. The number of anilines is 1. The van der Waals surface area contributed by atoms with Crippen molar-refractivity contribution in [1.29, 1.82) is 0 Å². The second kappa shape index (κ2) is 6.88. The Morgan fingerprint density at radius 2 is 1.96 bits per heavy atom. The third kappa shape index (κ3) is 3.51. The standard InChI is InChI=1S/C20H19F3N2O2/c21-20(22,23)14-6-3-5-13(11-14)18-24-17-9-2-1-8-16(17)19(26)25(18)12-15-7-4-10-27-15/h1-3,5-6,8-9,11,15,18,24H,4,7,10,12H2/t15-,18+/m0/s1. The Morgan fingerprint density at radius 1 is 1.15 bits per heavy atom. The van der Waals surface area contributed by atoms with Crippen LogP contribution in [-0.2, 0) is 10.9 Å². The summed E-state index contributed by atoms with van der Waals surface area (Å²) in [6, 6.07) is 12.2. The highest BCUT2D eigenvalue weighted by Gasteiger charge is 2.37. The van der Waals surface area contributed by atoms with Gasteiger partial charge in [0.2, 0.25) is 0 Å². The van der Waals surface area contributed by atoms with Gasteiger partial charge in [-0.05, 0) is 42.7 Å². The topological polar surface area (TPSA) is 41.6 Å². The molecule has 0 saturated carbocycles. The van der Waals surface area contributed by atoms with Gasteiger partial charge in [0.15, 0.2) is 0 Å². The molecule has 2 atom stereocenters. The van der Waals surface area contributed by atoms with E-state index in [4.69, 9.17) is 4.74 Å². The van der Waals surface area contributed by atoms with Crippen LogP contribution >= 0.6 is 0 Å². The quantitative estimate of drug-likeness (QED) is 0.861. The minimum atomic E-state index is -4.44. The zero-order valence-corrected chi connectivity index (χ0v) is 14.5. The minimum Gasteiger partial charge on any atom is -0.376 e. The number of para-hydroxylation sites is 1. The van der Waals surface area contributed by atoms with Crippen molar-refractivity contribution in [1.82, 2.24) is 4.90 Å². The fourth-order valence-corrected chi connectivity index (χ4v) is 3.64. The van der Waals surface area contributed by atoms with Crippen LogP contribution in [0.1, 0.15) is 40.5 Å². The number of halogens is 3. The second-order valence-electron chi connectivity index (χ2n) is 6.81. The van der Waals surface area contributed by atoms with E-state index >= 15 is 0 Å². The van der Waals surface area contributed by atoms with Gasteiger partial charge < -0.3 is 15.0 Å². The lowest BCUT2D eigenvalue weighted by molar-refractivity contribution is -0.137. The van der Waals surface area contributed by atoms with E-state index in [1.807, 2.05) is 0 Å². The number of benzene rings is 2. The lowest BCUT2D eigenvalue weighted by Gasteiger charge is -2.39. The maximum atomic E-state index is 13.2. The summed E-state index contributed by atoms with van der Waals surface area (Å²) in [5, 5.41) is 3.23. The number of carbonyl (C=O) groups is 1. The molecule has 2 aromatic carbocycles. The number of nitrogens with one attached hydrogen (secondary N) is 1. The number of nitrogens with zero attached hydrogens (tertiary/aromatic N) is 1. The molecule has 142 valence electrons. The number of rotatable bonds is 3. The third-order valence-electron chi connectivity index (χ3n) is 4.98. The van der Waals surface area contributed by atoms with Gasteiger partial charge in [-0.25, -0.2) is 0 Å². The van der Waals surface area contributed by atoms with Gasteiger partial charge in [-0.15, -0.1) is 0 Å². The van der Waals surface area contributed by atoms with Crippen molar-refractivity contribution in [3.05, 3.63) is 65.2 Å². The van der Waals surface area contributed by atoms with Crippen molar-refractivity contribution in [3.8, 4) is 0 Å². The fraction of sp³-hybridized carbons (Fsp3) is 0.350. The molecule has 4 rings (SSSR count). The number of amides is 1. The molecule has 0 radical (unpaired) electrons. The average molecular weight is 376 g/mol. The summed E-state index contributed by atoms with van der Waals surface area (Å²) in [6.07, 6.45) is -3.47. The molecule has 2 aliphatic rings. The van der Waals surface area contributed by atoms with Crippen molar-refractivity contribution >= 4 is 11.6 Å². The molecule has 1 amide bonds. The van der Waals surface area contributed by atoms with Crippen LogP contribution in [-0.4, -0.2) is 30.1 Å². The summed E-state index contributed by atoms with van der Waals surface area (Å²) in [5.41, 5.74) is 0.795. The molecule has 2 heterocycles. The van der Waals surface area contributed by atoms with Gasteiger partial charge in [0.05, 0.1) is 17.2 Å². The highest BCUT2D eigenvalue weighted by Crippen LogP contribution is 2.36. The average Bonchev–Trinajstić information content (AvgIpc) is 3.16. The summed E-state index contributed by atoms with van der Waals surface area (Å²) in [5.74, 6) is -0.206. The minimum absolute atomic E-state index is 0.102. The molecular weight excluding hydrogens is 357 g/mol. The van der Waals surface area contributed by atoms with Gasteiger partial charge in [-0.3, -0.25) is 4.79 Å². The van der Waals surface area contributed by atoms with Crippen LogP contribution in [0.4, 0.5) is 18.9 Å². The summed E-state index contributed by atoms with van der Waals surface area (Å²) >= 11 is 0. The van der Waals surface area contributed by atoms with Crippen molar-refractivity contribution in [2.75, 3.05) is 18.5 Å². The second-order valence-corrected chi connectivity index (χ2v) is 6.81. The van der Waals surface area contributed by atoms with Crippen LogP contribution in [0.5, 0.6) is 0 Å². The molecule has 27 heavy (non-hydrogen) atoms. The monoisotopic (exact) mass is 376 g/mol. The molecule has 1 saturated heterocycles. The molecule has 7 heteroatoms. The highest BCUT2D eigenvalue weighted by atomic mass is 19.4. The van der Waals surface area contributed by atoms with Gasteiger partial charge in [0.1, 0.15) is 6.17 Å². The Morgan fingerprint density at radius 3 is 2.70 bits per heavy atom. The summed E-state index contributed by atoms with van der Waals surface area (Å²) in [4.78, 5) is 14.7. The van der Waals surface area contributed by atoms with Crippen molar-refractivity contribution in [3.63, 3.8) is 0 Å². The Kier molecular flexibility index (Phi) is 4.55. The Hall–Kier alpha value is -2.54. The van der Waals surface area contributed by atoms with Crippen LogP contribution in [0.25, 0.3) is 0 Å². The van der Waals surface area contributed by atoms with Crippen LogP contribution in [0, 0.1) is 0 Å². The number of hydrogen-bond donors (Lipinski definition) is 1. The first-order chi connectivity index (χ1) is 12.9. The molecule has 1 fully saturated rings. The largest absolute Gasteiger partial charge is 0.416 e. The van der Waals surface area contributed by atoms with Gasteiger partial charge in [0.25, 0.3) is 5.91 Å². The molecule has 4 nitrogen and oxygen atoms in total. The van der Waals surface area contributed by atoms with Crippen LogP contribution in [0.3, 0.4) is 0 Å². The number of ether oxygens (including phenoxy) is 1. The fourth-order valence-electron chi connectivity index (χ4n) is 3.64. The number of fused-ring (bicyclic) bond motifs is 1. The van der Waals surface area contributed by atoms with E-state index in [1.54, 1.807) is 35.2 Å². The lowest BCUT2D eigenvalue weighted by atomic mass is 10.0. The number of carbonyl (C=O) groups excluding carboxylic acids is 1. The van der Waals surface area contributed by atoms with E-state index in [0.29, 0.717) is 30.0 Å². The zero-order chi connectivity index (χ0) is 19.0. The van der Waals surface area contributed by atoms with E-state index in [-0.39, 0.29) is 12.0 Å². The summed E-state index contributed by atoms with van der Waals surface area (Å²) < 4.78 is 45.1. The summed E-state index contributed by atoms with van der Waals surface area (Å²) in [7, 11) is 0. The van der Waals surface area contributed by atoms with E-state index in [1.165, 1.54) is 6.07 Å². The van der Waals surface area contributed by atoms with E-state index < -0.39 is 17.9 Å². The molecule has 2 aromatic rings. The van der Waals surface area contributed by atoms with E-state index in [2.05, 4.69) is 5.32 Å². The molecule has 1 N–H and O–H groups in total. The van der Waals surface area contributed by atoms with E-state index in [0.717, 1.165) is 25.0 Å². The lowest BCUT2D eigenvalue weighted by Crippen LogP contribution is -2.46. The van der Waals surface area contributed by atoms with Crippen molar-refractivity contribution < 1.29 is 22.7 Å². The number of alkyl halides is 3. The predicted molar refractivity (Wildman–Crippen MR) is 94.3 cm³/mol. The van der Waals surface area contributed by atoms with E-state index in [9.17, 15) is 18.0 Å². The molecule has 0 aliphatic carbocycles. The summed E-state index contributed by atoms with van der Waals surface area (Å²) in [6.45, 7) is 0.978. The molecule has 2 aliphatic heterocycles. The predicted octanol–water partition coefficient (Wildman–Crippen LogP) is 4.45. The van der Waals surface area contributed by atoms with Gasteiger partial charge in [-0.1, -0.05) is 24.3 Å². The Bertz CT molecular complexity index is 847. The van der Waals surface area contributed by atoms with Crippen molar-refractivity contribution in [2.45, 2.75) is 31.3 Å². The van der Waals surface area contributed by atoms with Gasteiger partial charge >= 0.3 is 6.18 Å². The van der Waals surface area contributed by atoms with Crippen LogP contribution in [0.2, 0.25) is 0 Å². The maximum absolute atomic E-state index is 13.2. The van der Waals surface area contributed by atoms with Gasteiger partial charge in [-0.2, -0.15) is 13.2 Å². The smallest absolute Gasteiger partial charge is 0.376 e. The first-order valence-corrected chi connectivity index (χ1v) is 8.89. The maximum Gasteiger partial charge on any atom is 0.416 e. The third-order valence-corrected chi connectivity index (χ3v) is 4.98. The van der Waals surface area contributed by atoms with Gasteiger partial charge in [0, 0.05) is 18.8 Å². The SMILES string of the molecule is O=C1c2ccccc2N[C@@H](c2cccc(C(F)(F)F)c2)N1C[C@@H]1CCCO1. The molecular formula is C20H19F3N2O2. The Balaban J connectivity index is 1.73. The molecule has 0 spiro atoms.